The van der Waals surface area contributed by atoms with E-state index in [2.05, 4.69) is 4.72 Å². The van der Waals surface area contributed by atoms with Gasteiger partial charge in [-0.3, -0.25) is 9.59 Å². The maximum absolute atomic E-state index is 12.7. The first-order valence-corrected chi connectivity index (χ1v) is 11.5. The molecule has 2 aromatic rings. The number of nitrogens with zero attached hydrogens (tertiary/aromatic N) is 1. The molecule has 1 saturated heterocycles. The Kier molecular flexibility index (Phi) is 6.61. The molecule has 154 valence electrons. The zero-order valence-electron chi connectivity index (χ0n) is 16.2. The van der Waals surface area contributed by atoms with Crippen LogP contribution in [0, 0.1) is 6.92 Å². The average molecular weight is 435 g/mol. The highest BCUT2D eigenvalue weighted by Crippen LogP contribution is 2.34. The summed E-state index contributed by atoms with van der Waals surface area (Å²) in [6.07, 6.45) is 0.209. The van der Waals surface area contributed by atoms with E-state index in [1.165, 1.54) is 30.9 Å². The summed E-state index contributed by atoms with van der Waals surface area (Å²) in [6, 6.07) is 12.1. The Morgan fingerprint density at radius 2 is 1.72 bits per heavy atom. The van der Waals surface area contributed by atoms with Crippen LogP contribution in [0.25, 0.3) is 0 Å². The maximum atomic E-state index is 12.7. The normalized spacial score (nSPS) is 14.5. The third-order valence-corrected chi connectivity index (χ3v) is 6.91. The van der Waals surface area contributed by atoms with Crippen LogP contribution in [-0.2, 0) is 19.6 Å². The van der Waals surface area contributed by atoms with Crippen LogP contribution in [0.1, 0.15) is 18.4 Å². The van der Waals surface area contributed by atoms with Gasteiger partial charge in [0.1, 0.15) is 5.75 Å². The third kappa shape index (κ3) is 4.98. The first kappa shape index (κ1) is 21.4. The summed E-state index contributed by atoms with van der Waals surface area (Å²) in [5.41, 5.74) is 1.32. The molecule has 7 nitrogen and oxygen atoms in total. The van der Waals surface area contributed by atoms with Gasteiger partial charge in [-0.25, -0.2) is 18.0 Å². The number of methoxy groups -OCH3 is 1. The van der Waals surface area contributed by atoms with E-state index >= 15 is 0 Å². The van der Waals surface area contributed by atoms with Crippen LogP contribution >= 0.6 is 11.8 Å². The van der Waals surface area contributed by atoms with Crippen LogP contribution < -0.4 is 14.4 Å². The fourth-order valence-corrected chi connectivity index (χ4v) is 4.87. The Bertz CT molecular complexity index is 1000. The topological polar surface area (TPSA) is 92.8 Å². The Morgan fingerprint density at radius 3 is 2.34 bits per heavy atom. The van der Waals surface area contributed by atoms with E-state index in [4.69, 9.17) is 4.74 Å². The highest BCUT2D eigenvalue weighted by molar-refractivity contribution is 7.99. The van der Waals surface area contributed by atoms with Crippen molar-refractivity contribution >= 4 is 39.3 Å². The van der Waals surface area contributed by atoms with Gasteiger partial charge in [0.05, 0.1) is 17.7 Å². The molecule has 1 aliphatic rings. The van der Waals surface area contributed by atoms with E-state index in [1.807, 2.05) is 31.2 Å². The van der Waals surface area contributed by atoms with Gasteiger partial charge in [0.15, 0.2) is 0 Å². The number of hydrogen-bond donors (Lipinski definition) is 1. The number of carbonyl (C=O) groups excluding carboxylic acids is 2. The van der Waals surface area contributed by atoms with Gasteiger partial charge in [0.25, 0.3) is 0 Å². The predicted octanol–water partition coefficient (Wildman–Crippen LogP) is 2.73. The number of ether oxygens (including phenoxy) is 1. The van der Waals surface area contributed by atoms with Gasteiger partial charge in [-0.05, 0) is 37.3 Å². The quantitative estimate of drug-likeness (QED) is 0.390. The molecule has 0 aliphatic carbocycles. The van der Waals surface area contributed by atoms with E-state index in [0.717, 1.165) is 9.80 Å². The van der Waals surface area contributed by atoms with Crippen molar-refractivity contribution < 1.29 is 22.7 Å². The number of benzene rings is 2. The van der Waals surface area contributed by atoms with E-state index in [0.29, 0.717) is 5.75 Å². The largest absolute Gasteiger partial charge is 0.495 e. The third-order valence-electron chi connectivity index (χ3n) is 4.44. The molecule has 1 N–H and O–H groups in total. The molecule has 9 heteroatoms. The number of sulfonamides is 1. The summed E-state index contributed by atoms with van der Waals surface area (Å²) in [5, 5.41) is 0. The van der Waals surface area contributed by atoms with Crippen molar-refractivity contribution in [1.82, 2.24) is 4.72 Å². The van der Waals surface area contributed by atoms with Crippen LogP contribution in [0.4, 0.5) is 5.69 Å². The van der Waals surface area contributed by atoms with Gasteiger partial charge in [-0.2, -0.15) is 0 Å². The molecule has 3 rings (SSSR count). The number of carbonyl (C=O) groups is 2. The van der Waals surface area contributed by atoms with Crippen molar-refractivity contribution in [1.29, 1.82) is 0 Å². The number of anilines is 1. The summed E-state index contributed by atoms with van der Waals surface area (Å²) in [7, 11) is -2.40. The van der Waals surface area contributed by atoms with Crippen LogP contribution in [0.2, 0.25) is 0 Å². The SMILES string of the molecule is COc1ccc(S(=O)(=O)NCCSc2ccc(C)cc2)cc1N1C(=O)CCC1=O. The second-order valence-corrected chi connectivity index (χ2v) is 9.45. The van der Waals surface area contributed by atoms with Crippen molar-refractivity contribution in [2.45, 2.75) is 29.6 Å². The molecule has 0 radical (unpaired) electrons. The minimum absolute atomic E-state index is 0.0267. The fourth-order valence-electron chi connectivity index (χ4n) is 2.92. The number of rotatable bonds is 8. The first-order valence-electron chi connectivity index (χ1n) is 9.05. The van der Waals surface area contributed by atoms with Gasteiger partial charge in [0.2, 0.25) is 21.8 Å². The van der Waals surface area contributed by atoms with E-state index < -0.39 is 10.0 Å². The molecular weight excluding hydrogens is 412 g/mol. The standard InChI is InChI=1S/C20H22N2O5S2/c1-14-3-5-15(6-4-14)28-12-11-21-29(25,26)16-7-8-18(27-2)17(13-16)22-19(23)9-10-20(22)24/h3-8,13,21H,9-12H2,1-2H3. The first-order chi connectivity index (χ1) is 13.8. The fraction of sp³-hybridized carbons (Fsp3) is 0.300. The molecule has 2 aromatic carbocycles. The smallest absolute Gasteiger partial charge is 0.240 e. The van der Waals surface area contributed by atoms with Gasteiger partial charge < -0.3 is 4.74 Å². The molecule has 0 aromatic heterocycles. The minimum Gasteiger partial charge on any atom is -0.495 e. The predicted molar refractivity (Wildman–Crippen MR) is 112 cm³/mol. The van der Waals surface area contributed by atoms with Gasteiger partial charge in [-0.15, -0.1) is 11.8 Å². The molecule has 29 heavy (non-hydrogen) atoms. The van der Waals surface area contributed by atoms with Gasteiger partial charge in [0, 0.05) is 30.0 Å². The Hall–Kier alpha value is -2.36. The summed E-state index contributed by atoms with van der Waals surface area (Å²) in [6.45, 7) is 2.25. The molecule has 1 heterocycles. The van der Waals surface area contributed by atoms with Crippen molar-refractivity contribution in [3.63, 3.8) is 0 Å². The monoisotopic (exact) mass is 434 g/mol. The lowest BCUT2D eigenvalue weighted by Gasteiger charge is -2.18. The minimum atomic E-state index is -3.80. The molecule has 0 bridgehead atoms. The summed E-state index contributed by atoms with van der Waals surface area (Å²) < 4.78 is 33.1. The molecule has 0 spiro atoms. The van der Waals surface area contributed by atoms with Crippen LogP contribution in [0.3, 0.4) is 0 Å². The Labute approximate surface area is 174 Å². The van der Waals surface area contributed by atoms with E-state index in [9.17, 15) is 18.0 Å². The van der Waals surface area contributed by atoms with Crippen LogP contribution in [-0.4, -0.2) is 39.6 Å². The summed E-state index contributed by atoms with van der Waals surface area (Å²) >= 11 is 1.55. The number of thioether (sulfide) groups is 1. The molecule has 0 unspecified atom stereocenters. The molecule has 0 saturated carbocycles. The lowest BCUT2D eigenvalue weighted by molar-refractivity contribution is -0.121. The molecule has 1 aliphatic heterocycles. The maximum Gasteiger partial charge on any atom is 0.240 e. The molecular formula is C20H22N2O5S2. The van der Waals surface area contributed by atoms with E-state index in [-0.39, 0.29) is 47.5 Å². The van der Waals surface area contributed by atoms with Crippen molar-refractivity contribution in [2.75, 3.05) is 24.3 Å². The van der Waals surface area contributed by atoms with Gasteiger partial charge >= 0.3 is 0 Å². The lowest BCUT2D eigenvalue weighted by Crippen LogP contribution is -2.30. The van der Waals surface area contributed by atoms with E-state index in [1.54, 1.807) is 11.8 Å². The molecule has 1 fully saturated rings. The number of nitrogens with one attached hydrogen (secondary N) is 1. The Morgan fingerprint density at radius 1 is 1.07 bits per heavy atom. The van der Waals surface area contributed by atoms with Crippen molar-refractivity contribution in [2.24, 2.45) is 0 Å². The Balaban J connectivity index is 1.71. The highest BCUT2D eigenvalue weighted by Gasteiger charge is 2.33. The summed E-state index contributed by atoms with van der Waals surface area (Å²) in [5.74, 6) is 0.0899. The number of aryl methyl sites for hydroxylation is 1. The van der Waals surface area contributed by atoms with Crippen molar-refractivity contribution in [3.8, 4) is 5.75 Å². The zero-order valence-corrected chi connectivity index (χ0v) is 17.8. The highest BCUT2D eigenvalue weighted by atomic mass is 32.2. The van der Waals surface area contributed by atoms with Gasteiger partial charge in [-0.1, -0.05) is 17.7 Å². The number of hydrogen-bond acceptors (Lipinski definition) is 6. The van der Waals surface area contributed by atoms with Crippen LogP contribution in [0.5, 0.6) is 5.75 Å². The molecule has 0 atom stereocenters. The van der Waals surface area contributed by atoms with Crippen LogP contribution in [0.15, 0.2) is 52.3 Å². The summed E-state index contributed by atoms with van der Waals surface area (Å²) in [4.78, 5) is 26.2. The second kappa shape index (κ2) is 8.98. The second-order valence-electron chi connectivity index (χ2n) is 6.52. The van der Waals surface area contributed by atoms with Crippen molar-refractivity contribution in [3.05, 3.63) is 48.0 Å². The zero-order chi connectivity index (χ0) is 21.0. The lowest BCUT2D eigenvalue weighted by atomic mass is 10.2. The number of imide groups is 1. The average Bonchev–Trinajstić information content (AvgIpc) is 3.04. The number of amides is 2. The molecule has 2 amide bonds.